The van der Waals surface area contributed by atoms with Gasteiger partial charge in [-0.05, 0) is 18.2 Å². The number of benzene rings is 1. The second kappa shape index (κ2) is 6.40. The smallest absolute Gasteiger partial charge is 0.224 e. The number of piperazine rings is 1. The Bertz CT molecular complexity index is 815. The van der Waals surface area contributed by atoms with E-state index in [1.807, 2.05) is 6.07 Å². The van der Waals surface area contributed by atoms with Crippen LogP contribution in [0.2, 0.25) is 0 Å². The number of nitrogens with zero attached hydrogens (tertiary/aromatic N) is 6. The lowest BCUT2D eigenvalue weighted by molar-refractivity contribution is 0.240. The first kappa shape index (κ1) is 14.8. The molecule has 1 aliphatic heterocycles. The third-order valence-corrected chi connectivity index (χ3v) is 4.29. The zero-order chi connectivity index (χ0) is 16.4. The Morgan fingerprint density at radius 1 is 1.12 bits per heavy atom. The molecule has 3 aromatic rings. The van der Waals surface area contributed by atoms with Gasteiger partial charge in [0, 0.05) is 31.9 Å². The number of hydrogen-bond donors (Lipinski definition) is 0. The molecule has 0 saturated carbocycles. The Kier molecular flexibility index (Phi) is 3.96. The van der Waals surface area contributed by atoms with Crippen LogP contribution in [0, 0.1) is 0 Å². The van der Waals surface area contributed by atoms with Gasteiger partial charge < -0.3 is 14.2 Å². The molecule has 8 heteroatoms. The molecule has 1 aliphatic rings. The maximum absolute atomic E-state index is 5.34. The fraction of sp³-hybridized carbons (Fsp3) is 0.375. The average molecular weight is 326 g/mol. The monoisotopic (exact) mass is 326 g/mol. The molecule has 124 valence electrons. The SMILES string of the molecule is COc1ncnc2ccc(N3CCN(Cc4ncon4)CC3)cc12. The normalized spacial score (nSPS) is 15.8. The average Bonchev–Trinajstić information content (AvgIpc) is 3.14. The maximum Gasteiger partial charge on any atom is 0.224 e. The zero-order valence-electron chi connectivity index (χ0n) is 13.4. The van der Waals surface area contributed by atoms with Crippen LogP contribution in [0.25, 0.3) is 10.9 Å². The van der Waals surface area contributed by atoms with Crippen LogP contribution in [-0.2, 0) is 6.54 Å². The Morgan fingerprint density at radius 2 is 2.00 bits per heavy atom. The fourth-order valence-corrected chi connectivity index (χ4v) is 3.01. The third-order valence-electron chi connectivity index (χ3n) is 4.29. The van der Waals surface area contributed by atoms with Gasteiger partial charge >= 0.3 is 0 Å². The number of methoxy groups -OCH3 is 1. The molecule has 1 aromatic carbocycles. The number of ether oxygens (including phenoxy) is 1. The molecule has 4 rings (SSSR count). The highest BCUT2D eigenvalue weighted by Crippen LogP contribution is 2.27. The van der Waals surface area contributed by atoms with Gasteiger partial charge in [-0.2, -0.15) is 4.98 Å². The molecule has 0 unspecified atom stereocenters. The van der Waals surface area contributed by atoms with E-state index in [9.17, 15) is 0 Å². The van der Waals surface area contributed by atoms with Crippen molar-refractivity contribution in [2.24, 2.45) is 0 Å². The standard InChI is InChI=1S/C16H18N6O2/c1-23-16-13-8-12(2-3-14(13)17-10-18-16)22-6-4-21(5-7-22)9-15-19-11-24-20-15/h2-3,8,10-11H,4-7,9H2,1H3. The number of aromatic nitrogens is 4. The Balaban J connectivity index is 1.48. The summed E-state index contributed by atoms with van der Waals surface area (Å²) < 4.78 is 10.1. The first-order valence-electron chi connectivity index (χ1n) is 7.85. The lowest BCUT2D eigenvalue weighted by Crippen LogP contribution is -2.46. The van der Waals surface area contributed by atoms with Gasteiger partial charge in [0.25, 0.3) is 0 Å². The summed E-state index contributed by atoms with van der Waals surface area (Å²) in [5, 5.41) is 4.81. The van der Waals surface area contributed by atoms with Crippen LogP contribution in [0.3, 0.4) is 0 Å². The molecule has 1 saturated heterocycles. The summed E-state index contributed by atoms with van der Waals surface area (Å²) in [6.07, 6.45) is 2.90. The molecular weight excluding hydrogens is 308 g/mol. The summed E-state index contributed by atoms with van der Waals surface area (Å²) in [6, 6.07) is 6.22. The van der Waals surface area contributed by atoms with E-state index in [4.69, 9.17) is 9.26 Å². The van der Waals surface area contributed by atoms with Crippen LogP contribution in [0.15, 0.2) is 35.4 Å². The van der Waals surface area contributed by atoms with Crippen molar-refractivity contribution in [3.8, 4) is 5.88 Å². The zero-order valence-corrected chi connectivity index (χ0v) is 13.4. The number of hydrogen-bond acceptors (Lipinski definition) is 8. The fourth-order valence-electron chi connectivity index (χ4n) is 3.01. The number of anilines is 1. The minimum atomic E-state index is 0.609. The van der Waals surface area contributed by atoms with Gasteiger partial charge in [0.2, 0.25) is 12.3 Å². The van der Waals surface area contributed by atoms with Crippen molar-refractivity contribution in [2.75, 3.05) is 38.2 Å². The van der Waals surface area contributed by atoms with E-state index in [0.29, 0.717) is 5.88 Å². The summed E-state index contributed by atoms with van der Waals surface area (Å²) in [4.78, 5) is 17.2. The van der Waals surface area contributed by atoms with Crippen LogP contribution in [-0.4, -0.2) is 58.3 Å². The molecule has 3 heterocycles. The minimum absolute atomic E-state index is 0.609. The summed E-state index contributed by atoms with van der Waals surface area (Å²) >= 11 is 0. The maximum atomic E-state index is 5.34. The molecule has 0 radical (unpaired) electrons. The lowest BCUT2D eigenvalue weighted by atomic mass is 10.2. The van der Waals surface area contributed by atoms with Crippen molar-refractivity contribution in [1.82, 2.24) is 25.0 Å². The van der Waals surface area contributed by atoms with E-state index >= 15 is 0 Å². The topological polar surface area (TPSA) is 80.4 Å². The summed E-state index contributed by atoms with van der Waals surface area (Å²) in [5.41, 5.74) is 2.05. The molecule has 0 bridgehead atoms. The molecule has 8 nitrogen and oxygen atoms in total. The van der Waals surface area contributed by atoms with Crippen molar-refractivity contribution >= 4 is 16.6 Å². The Hall–Kier alpha value is -2.74. The molecule has 0 spiro atoms. The van der Waals surface area contributed by atoms with E-state index in [2.05, 4.69) is 42.0 Å². The summed E-state index contributed by atoms with van der Waals surface area (Å²) in [6.45, 7) is 4.52. The summed E-state index contributed by atoms with van der Waals surface area (Å²) in [7, 11) is 1.63. The second-order valence-electron chi connectivity index (χ2n) is 5.70. The van der Waals surface area contributed by atoms with Gasteiger partial charge in [-0.15, -0.1) is 0 Å². The van der Waals surface area contributed by atoms with Crippen LogP contribution in [0.4, 0.5) is 5.69 Å². The Labute approximate surface area is 139 Å². The lowest BCUT2D eigenvalue weighted by Gasteiger charge is -2.35. The number of rotatable bonds is 4. The number of fused-ring (bicyclic) bond motifs is 1. The van der Waals surface area contributed by atoms with E-state index in [1.54, 1.807) is 7.11 Å². The molecule has 0 atom stereocenters. The Morgan fingerprint density at radius 3 is 2.75 bits per heavy atom. The molecule has 1 fully saturated rings. The van der Waals surface area contributed by atoms with E-state index in [-0.39, 0.29) is 0 Å². The molecule has 24 heavy (non-hydrogen) atoms. The molecule has 0 amide bonds. The van der Waals surface area contributed by atoms with Crippen molar-refractivity contribution in [3.05, 3.63) is 36.7 Å². The van der Waals surface area contributed by atoms with E-state index in [0.717, 1.165) is 55.1 Å². The largest absolute Gasteiger partial charge is 0.480 e. The van der Waals surface area contributed by atoms with Gasteiger partial charge in [0.1, 0.15) is 6.33 Å². The van der Waals surface area contributed by atoms with Crippen molar-refractivity contribution in [3.63, 3.8) is 0 Å². The predicted molar refractivity (Wildman–Crippen MR) is 87.9 cm³/mol. The van der Waals surface area contributed by atoms with Gasteiger partial charge in [0.05, 0.1) is 24.6 Å². The second-order valence-corrected chi connectivity index (χ2v) is 5.70. The van der Waals surface area contributed by atoms with Crippen LogP contribution >= 0.6 is 0 Å². The molecule has 2 aromatic heterocycles. The van der Waals surface area contributed by atoms with Gasteiger partial charge in [0.15, 0.2) is 5.82 Å². The third kappa shape index (κ3) is 2.88. The van der Waals surface area contributed by atoms with Crippen molar-refractivity contribution in [2.45, 2.75) is 6.54 Å². The minimum Gasteiger partial charge on any atom is -0.480 e. The highest BCUT2D eigenvalue weighted by molar-refractivity contribution is 5.86. The first-order valence-corrected chi connectivity index (χ1v) is 7.85. The highest BCUT2D eigenvalue weighted by Gasteiger charge is 2.19. The first-order chi connectivity index (χ1) is 11.8. The van der Waals surface area contributed by atoms with Crippen LogP contribution in [0.1, 0.15) is 5.82 Å². The molecular formula is C16H18N6O2. The van der Waals surface area contributed by atoms with Gasteiger partial charge in [-0.1, -0.05) is 5.16 Å². The van der Waals surface area contributed by atoms with Gasteiger partial charge in [-0.25, -0.2) is 9.97 Å². The van der Waals surface area contributed by atoms with E-state index in [1.165, 1.54) is 12.7 Å². The van der Waals surface area contributed by atoms with Gasteiger partial charge in [-0.3, -0.25) is 4.90 Å². The van der Waals surface area contributed by atoms with Crippen LogP contribution < -0.4 is 9.64 Å². The highest BCUT2D eigenvalue weighted by atomic mass is 16.5. The molecule has 0 N–H and O–H groups in total. The van der Waals surface area contributed by atoms with E-state index < -0.39 is 0 Å². The quantitative estimate of drug-likeness (QED) is 0.710. The summed E-state index contributed by atoms with van der Waals surface area (Å²) in [5.74, 6) is 1.34. The molecule has 0 aliphatic carbocycles. The van der Waals surface area contributed by atoms with Crippen molar-refractivity contribution in [1.29, 1.82) is 0 Å². The van der Waals surface area contributed by atoms with Crippen molar-refractivity contribution < 1.29 is 9.26 Å². The van der Waals surface area contributed by atoms with Crippen LogP contribution in [0.5, 0.6) is 5.88 Å². The predicted octanol–water partition coefficient (Wildman–Crippen LogP) is 1.34.